The van der Waals surface area contributed by atoms with E-state index in [1.165, 1.54) is 16.3 Å². The van der Waals surface area contributed by atoms with Gasteiger partial charge in [-0.3, -0.25) is 0 Å². The minimum atomic E-state index is 0.376. The second kappa shape index (κ2) is 5.51. The van der Waals surface area contributed by atoms with E-state index < -0.39 is 0 Å². The number of alkyl halides is 1. The molecule has 0 amide bonds. The van der Waals surface area contributed by atoms with Gasteiger partial charge < -0.3 is 9.47 Å². The lowest BCUT2D eigenvalue weighted by Gasteiger charge is -2.17. The van der Waals surface area contributed by atoms with Crippen molar-refractivity contribution in [2.24, 2.45) is 5.92 Å². The van der Waals surface area contributed by atoms with Crippen LogP contribution in [-0.2, 0) is 4.74 Å². The lowest BCUT2D eigenvalue weighted by Crippen LogP contribution is -2.07. The van der Waals surface area contributed by atoms with Crippen molar-refractivity contribution in [2.45, 2.75) is 11.2 Å². The molecule has 0 radical (unpaired) electrons. The fourth-order valence-electron chi connectivity index (χ4n) is 2.60. The first-order valence-corrected chi connectivity index (χ1v) is 7.49. The van der Waals surface area contributed by atoms with Crippen molar-refractivity contribution in [3.8, 4) is 5.75 Å². The Bertz CT molecular complexity index is 576. The van der Waals surface area contributed by atoms with Gasteiger partial charge in [-0.1, -0.05) is 40.2 Å². The Labute approximate surface area is 121 Å². The van der Waals surface area contributed by atoms with Crippen LogP contribution in [0.4, 0.5) is 0 Å². The third-order valence-electron chi connectivity index (χ3n) is 3.77. The van der Waals surface area contributed by atoms with Crippen LogP contribution in [-0.4, -0.2) is 20.3 Å². The quantitative estimate of drug-likeness (QED) is 0.784. The first-order chi connectivity index (χ1) is 9.28. The highest BCUT2D eigenvalue weighted by atomic mass is 79.9. The van der Waals surface area contributed by atoms with Gasteiger partial charge in [0, 0.05) is 17.4 Å². The highest BCUT2D eigenvalue weighted by molar-refractivity contribution is 9.09. The maximum atomic E-state index is 5.47. The number of hydrogen-bond acceptors (Lipinski definition) is 2. The fraction of sp³-hybridized carbons (Fsp3) is 0.375. The molecule has 100 valence electrons. The van der Waals surface area contributed by atoms with Gasteiger partial charge >= 0.3 is 0 Å². The molecule has 0 N–H and O–H groups in total. The molecular weight excluding hydrogens is 304 g/mol. The zero-order valence-corrected chi connectivity index (χ0v) is 12.5. The van der Waals surface area contributed by atoms with Crippen LogP contribution in [0.25, 0.3) is 10.8 Å². The van der Waals surface area contributed by atoms with Crippen molar-refractivity contribution in [3.05, 3.63) is 42.0 Å². The van der Waals surface area contributed by atoms with E-state index in [1.54, 1.807) is 7.11 Å². The lowest BCUT2D eigenvalue weighted by molar-refractivity contribution is 0.185. The molecule has 1 saturated heterocycles. The van der Waals surface area contributed by atoms with Crippen molar-refractivity contribution in [2.75, 3.05) is 20.3 Å². The summed E-state index contributed by atoms with van der Waals surface area (Å²) < 4.78 is 10.7. The summed E-state index contributed by atoms with van der Waals surface area (Å²) in [5.41, 5.74) is 1.33. The van der Waals surface area contributed by atoms with Crippen LogP contribution in [0.2, 0.25) is 0 Å². The second-order valence-corrected chi connectivity index (χ2v) is 5.98. The third-order valence-corrected chi connectivity index (χ3v) is 5.04. The monoisotopic (exact) mass is 320 g/mol. The Kier molecular flexibility index (Phi) is 3.76. The van der Waals surface area contributed by atoms with Gasteiger partial charge in [0.1, 0.15) is 5.75 Å². The summed E-state index contributed by atoms with van der Waals surface area (Å²) in [7, 11) is 1.70. The average Bonchev–Trinajstić information content (AvgIpc) is 2.99. The zero-order valence-electron chi connectivity index (χ0n) is 10.9. The molecule has 2 atom stereocenters. The third kappa shape index (κ3) is 2.63. The van der Waals surface area contributed by atoms with E-state index in [0.29, 0.717) is 10.7 Å². The van der Waals surface area contributed by atoms with E-state index in [0.717, 1.165) is 25.4 Å². The van der Waals surface area contributed by atoms with Crippen molar-refractivity contribution in [3.63, 3.8) is 0 Å². The molecule has 1 heterocycles. The van der Waals surface area contributed by atoms with Gasteiger partial charge in [0.25, 0.3) is 0 Å². The standard InChI is InChI=1S/C16H17BrO2/c1-18-15-5-4-11-8-13(3-2-12(11)9-15)16(17)14-6-7-19-10-14/h2-5,8-9,14,16H,6-7,10H2,1H3. The van der Waals surface area contributed by atoms with Gasteiger partial charge in [0.15, 0.2) is 0 Å². The summed E-state index contributed by atoms with van der Waals surface area (Å²) in [5.74, 6) is 1.48. The number of halogens is 1. The molecule has 3 rings (SSSR count). The van der Waals surface area contributed by atoms with Crippen LogP contribution in [0, 0.1) is 5.92 Å². The number of methoxy groups -OCH3 is 1. The molecule has 0 bridgehead atoms. The van der Waals surface area contributed by atoms with Gasteiger partial charge in [-0.15, -0.1) is 0 Å². The Hall–Kier alpha value is -1.06. The van der Waals surface area contributed by atoms with E-state index in [2.05, 4.69) is 46.3 Å². The molecule has 2 unspecified atom stereocenters. The average molecular weight is 321 g/mol. The fourth-order valence-corrected chi connectivity index (χ4v) is 3.30. The van der Waals surface area contributed by atoms with Crippen LogP contribution in [0.15, 0.2) is 36.4 Å². The van der Waals surface area contributed by atoms with Crippen LogP contribution < -0.4 is 4.74 Å². The van der Waals surface area contributed by atoms with Gasteiger partial charge in [-0.25, -0.2) is 0 Å². The highest BCUT2D eigenvalue weighted by Gasteiger charge is 2.24. The minimum Gasteiger partial charge on any atom is -0.497 e. The number of rotatable bonds is 3. The minimum absolute atomic E-state index is 0.376. The summed E-state index contributed by atoms with van der Waals surface area (Å²) >= 11 is 3.82. The largest absolute Gasteiger partial charge is 0.497 e. The number of fused-ring (bicyclic) bond motifs is 1. The summed E-state index contributed by atoms with van der Waals surface area (Å²) in [5, 5.41) is 2.46. The molecule has 0 aliphatic carbocycles. The first-order valence-electron chi connectivity index (χ1n) is 6.57. The molecule has 2 aromatic rings. The van der Waals surface area contributed by atoms with Crippen LogP contribution >= 0.6 is 15.9 Å². The van der Waals surface area contributed by atoms with Crippen LogP contribution in [0.5, 0.6) is 5.75 Å². The van der Waals surface area contributed by atoms with E-state index in [1.807, 2.05) is 6.07 Å². The van der Waals surface area contributed by atoms with Gasteiger partial charge in [0.05, 0.1) is 13.7 Å². The van der Waals surface area contributed by atoms with Crippen molar-refractivity contribution < 1.29 is 9.47 Å². The molecular formula is C16H17BrO2. The van der Waals surface area contributed by atoms with E-state index in [9.17, 15) is 0 Å². The molecule has 0 saturated carbocycles. The van der Waals surface area contributed by atoms with E-state index in [4.69, 9.17) is 9.47 Å². The summed E-state index contributed by atoms with van der Waals surface area (Å²) in [6, 6.07) is 12.8. The molecule has 0 spiro atoms. The smallest absolute Gasteiger partial charge is 0.119 e. The van der Waals surface area contributed by atoms with Crippen molar-refractivity contribution >= 4 is 26.7 Å². The Morgan fingerprint density at radius 2 is 2.00 bits per heavy atom. The second-order valence-electron chi connectivity index (χ2n) is 5.00. The number of hydrogen-bond donors (Lipinski definition) is 0. The first kappa shape index (κ1) is 12.9. The molecule has 19 heavy (non-hydrogen) atoms. The van der Waals surface area contributed by atoms with Crippen LogP contribution in [0.1, 0.15) is 16.8 Å². The molecule has 0 aromatic heterocycles. The van der Waals surface area contributed by atoms with Crippen LogP contribution in [0.3, 0.4) is 0 Å². The summed E-state index contributed by atoms with van der Waals surface area (Å²) in [4.78, 5) is 0.376. The predicted molar refractivity (Wildman–Crippen MR) is 81.1 cm³/mol. The zero-order chi connectivity index (χ0) is 13.2. The lowest BCUT2D eigenvalue weighted by atomic mass is 9.96. The molecule has 1 aliphatic heterocycles. The molecule has 1 aliphatic rings. The molecule has 3 heteroatoms. The Balaban J connectivity index is 1.92. The maximum absolute atomic E-state index is 5.47. The number of ether oxygens (including phenoxy) is 2. The molecule has 2 nitrogen and oxygen atoms in total. The Morgan fingerprint density at radius 3 is 2.74 bits per heavy atom. The SMILES string of the molecule is COc1ccc2cc(C(Br)C3CCOC3)ccc2c1. The van der Waals surface area contributed by atoms with Crippen molar-refractivity contribution in [1.29, 1.82) is 0 Å². The summed E-state index contributed by atoms with van der Waals surface area (Å²) in [6.45, 7) is 1.74. The van der Waals surface area contributed by atoms with Gasteiger partial charge in [0.2, 0.25) is 0 Å². The van der Waals surface area contributed by atoms with Crippen molar-refractivity contribution in [1.82, 2.24) is 0 Å². The van der Waals surface area contributed by atoms with Gasteiger partial charge in [-0.2, -0.15) is 0 Å². The number of benzene rings is 2. The van der Waals surface area contributed by atoms with E-state index in [-0.39, 0.29) is 0 Å². The maximum Gasteiger partial charge on any atom is 0.119 e. The highest BCUT2D eigenvalue weighted by Crippen LogP contribution is 2.37. The van der Waals surface area contributed by atoms with Gasteiger partial charge in [-0.05, 0) is 34.9 Å². The topological polar surface area (TPSA) is 18.5 Å². The predicted octanol–water partition coefficient (Wildman–Crippen LogP) is 4.32. The molecule has 1 fully saturated rings. The molecule has 2 aromatic carbocycles. The normalized spacial score (nSPS) is 20.6. The summed E-state index contributed by atoms with van der Waals surface area (Å²) in [6.07, 6.45) is 1.14. The van der Waals surface area contributed by atoms with E-state index >= 15 is 0 Å². The Morgan fingerprint density at radius 1 is 1.21 bits per heavy atom.